The van der Waals surface area contributed by atoms with Crippen LogP contribution >= 0.6 is 0 Å². The number of rotatable bonds is 2. The van der Waals surface area contributed by atoms with Crippen LogP contribution in [0.25, 0.3) is 11.0 Å². The first kappa shape index (κ1) is 7.91. The molecule has 3 N–H and O–H groups in total. The summed E-state index contributed by atoms with van der Waals surface area (Å²) >= 11 is 0. The summed E-state index contributed by atoms with van der Waals surface area (Å²) in [7, 11) is 0. The van der Waals surface area contributed by atoms with Crippen molar-refractivity contribution in [2.24, 2.45) is 0 Å². The SMILES string of the molecule is CCOc1cccc2nc(N)[nH]c12. The Labute approximate surface area is 75.7 Å². The number of nitrogens with one attached hydrogen (secondary N) is 1. The molecule has 0 aliphatic heterocycles. The van der Waals surface area contributed by atoms with Crippen molar-refractivity contribution in [1.82, 2.24) is 9.97 Å². The molecule has 0 saturated carbocycles. The van der Waals surface area contributed by atoms with E-state index in [1.54, 1.807) is 0 Å². The highest BCUT2D eigenvalue weighted by Crippen LogP contribution is 2.23. The highest BCUT2D eigenvalue weighted by molar-refractivity contribution is 5.83. The third-order valence-corrected chi connectivity index (χ3v) is 1.80. The lowest BCUT2D eigenvalue weighted by Gasteiger charge is -2.02. The molecule has 4 heteroatoms. The molecule has 0 bridgehead atoms. The average molecular weight is 177 g/mol. The van der Waals surface area contributed by atoms with Crippen molar-refractivity contribution in [3.8, 4) is 5.75 Å². The Hall–Kier alpha value is -1.71. The molecule has 1 heterocycles. The van der Waals surface area contributed by atoms with Gasteiger partial charge in [-0.15, -0.1) is 0 Å². The van der Waals surface area contributed by atoms with Gasteiger partial charge in [-0.25, -0.2) is 4.98 Å². The minimum Gasteiger partial charge on any atom is -0.492 e. The number of aromatic nitrogens is 2. The number of imidazole rings is 1. The molecule has 0 radical (unpaired) electrons. The number of benzene rings is 1. The van der Waals surface area contributed by atoms with E-state index in [-0.39, 0.29) is 0 Å². The summed E-state index contributed by atoms with van der Waals surface area (Å²) in [5.41, 5.74) is 7.23. The second-order valence-corrected chi connectivity index (χ2v) is 2.71. The van der Waals surface area contributed by atoms with E-state index >= 15 is 0 Å². The summed E-state index contributed by atoms with van der Waals surface area (Å²) in [6.07, 6.45) is 0. The zero-order valence-electron chi connectivity index (χ0n) is 7.37. The van der Waals surface area contributed by atoms with Crippen molar-refractivity contribution in [1.29, 1.82) is 0 Å². The number of para-hydroxylation sites is 1. The quantitative estimate of drug-likeness (QED) is 0.731. The monoisotopic (exact) mass is 177 g/mol. The summed E-state index contributed by atoms with van der Waals surface area (Å²) in [6, 6.07) is 5.68. The van der Waals surface area contributed by atoms with E-state index in [4.69, 9.17) is 10.5 Å². The predicted octanol–water partition coefficient (Wildman–Crippen LogP) is 1.54. The second-order valence-electron chi connectivity index (χ2n) is 2.71. The fourth-order valence-corrected chi connectivity index (χ4v) is 1.30. The van der Waals surface area contributed by atoms with Crippen LogP contribution in [0.1, 0.15) is 6.92 Å². The van der Waals surface area contributed by atoms with E-state index < -0.39 is 0 Å². The van der Waals surface area contributed by atoms with Gasteiger partial charge in [0.1, 0.15) is 11.3 Å². The van der Waals surface area contributed by atoms with Crippen LogP contribution in [0, 0.1) is 0 Å². The van der Waals surface area contributed by atoms with Crippen LogP contribution in [0.4, 0.5) is 5.95 Å². The molecule has 13 heavy (non-hydrogen) atoms. The van der Waals surface area contributed by atoms with Gasteiger partial charge in [0.05, 0.1) is 12.1 Å². The van der Waals surface area contributed by atoms with Crippen molar-refractivity contribution < 1.29 is 4.74 Å². The number of hydrogen-bond donors (Lipinski definition) is 2. The van der Waals surface area contributed by atoms with Gasteiger partial charge in [-0.2, -0.15) is 0 Å². The molecule has 0 unspecified atom stereocenters. The molecule has 0 amide bonds. The van der Waals surface area contributed by atoms with Crippen molar-refractivity contribution >= 4 is 17.0 Å². The van der Waals surface area contributed by atoms with Gasteiger partial charge >= 0.3 is 0 Å². The molecular formula is C9H11N3O. The van der Waals surface area contributed by atoms with Crippen molar-refractivity contribution in [3.05, 3.63) is 18.2 Å². The fourth-order valence-electron chi connectivity index (χ4n) is 1.30. The van der Waals surface area contributed by atoms with Gasteiger partial charge in [-0.3, -0.25) is 0 Å². The second kappa shape index (κ2) is 2.97. The van der Waals surface area contributed by atoms with Gasteiger partial charge in [0.25, 0.3) is 0 Å². The number of anilines is 1. The molecule has 68 valence electrons. The summed E-state index contributed by atoms with van der Waals surface area (Å²) in [5, 5.41) is 0. The molecule has 0 aliphatic rings. The van der Waals surface area contributed by atoms with Crippen LogP contribution in [0.15, 0.2) is 18.2 Å². The summed E-state index contributed by atoms with van der Waals surface area (Å²) in [5.74, 6) is 1.21. The molecule has 2 rings (SSSR count). The van der Waals surface area contributed by atoms with Crippen molar-refractivity contribution in [3.63, 3.8) is 0 Å². The van der Waals surface area contributed by atoms with Crippen LogP contribution in [0.5, 0.6) is 5.75 Å². The molecule has 4 nitrogen and oxygen atoms in total. The number of H-pyrrole nitrogens is 1. The molecule has 1 aromatic heterocycles. The molecule has 0 aliphatic carbocycles. The minimum absolute atomic E-state index is 0.419. The molecule has 0 fully saturated rings. The number of nitrogens with two attached hydrogens (primary N) is 1. The van der Waals surface area contributed by atoms with E-state index in [1.165, 1.54) is 0 Å². The standard InChI is InChI=1S/C9H11N3O/c1-2-13-7-5-3-4-6-8(7)12-9(10)11-6/h3-5H,2H2,1H3,(H3,10,11,12). The molecule has 0 atom stereocenters. The van der Waals surface area contributed by atoms with E-state index in [9.17, 15) is 0 Å². The normalized spacial score (nSPS) is 10.5. The molecule has 1 aromatic carbocycles. The highest BCUT2D eigenvalue weighted by Gasteiger charge is 2.04. The average Bonchev–Trinajstić information content (AvgIpc) is 2.47. The Morgan fingerprint density at radius 3 is 3.15 bits per heavy atom. The summed E-state index contributed by atoms with van der Waals surface area (Å²) < 4.78 is 5.41. The highest BCUT2D eigenvalue weighted by atomic mass is 16.5. The number of ether oxygens (including phenoxy) is 1. The summed E-state index contributed by atoms with van der Waals surface area (Å²) in [4.78, 5) is 7.05. The third-order valence-electron chi connectivity index (χ3n) is 1.80. The molecular weight excluding hydrogens is 166 g/mol. The molecule has 0 spiro atoms. The van der Waals surface area contributed by atoms with Gasteiger partial charge in [-0.1, -0.05) is 6.07 Å². The van der Waals surface area contributed by atoms with Gasteiger partial charge in [0, 0.05) is 0 Å². The lowest BCUT2D eigenvalue weighted by atomic mass is 10.3. The number of fused-ring (bicyclic) bond motifs is 1. The van der Waals surface area contributed by atoms with Crippen LogP contribution in [0.3, 0.4) is 0 Å². The predicted molar refractivity (Wildman–Crippen MR) is 51.7 cm³/mol. The van der Waals surface area contributed by atoms with Crippen LogP contribution < -0.4 is 10.5 Å². The summed E-state index contributed by atoms with van der Waals surface area (Å²) in [6.45, 7) is 2.58. The Balaban J connectivity index is 2.60. The topological polar surface area (TPSA) is 63.9 Å². The number of hydrogen-bond acceptors (Lipinski definition) is 3. The van der Waals surface area contributed by atoms with E-state index in [1.807, 2.05) is 25.1 Å². The van der Waals surface area contributed by atoms with E-state index in [0.29, 0.717) is 12.6 Å². The van der Waals surface area contributed by atoms with Crippen LogP contribution in [-0.4, -0.2) is 16.6 Å². The third kappa shape index (κ3) is 1.30. The Morgan fingerprint density at radius 1 is 1.54 bits per heavy atom. The Kier molecular flexibility index (Phi) is 1.81. The van der Waals surface area contributed by atoms with Gasteiger partial charge < -0.3 is 15.5 Å². The number of nitrogens with zero attached hydrogens (tertiary/aromatic N) is 1. The zero-order chi connectivity index (χ0) is 9.26. The smallest absolute Gasteiger partial charge is 0.198 e. The number of aromatic amines is 1. The Morgan fingerprint density at radius 2 is 2.38 bits per heavy atom. The van der Waals surface area contributed by atoms with Crippen molar-refractivity contribution in [2.75, 3.05) is 12.3 Å². The fraction of sp³-hybridized carbons (Fsp3) is 0.222. The van der Waals surface area contributed by atoms with Gasteiger partial charge in [0.15, 0.2) is 5.95 Å². The maximum Gasteiger partial charge on any atom is 0.198 e. The lowest BCUT2D eigenvalue weighted by Crippen LogP contribution is -1.91. The number of nitrogen functional groups attached to an aromatic ring is 1. The largest absolute Gasteiger partial charge is 0.492 e. The Bertz CT molecular complexity index is 422. The minimum atomic E-state index is 0.419. The first-order valence-electron chi connectivity index (χ1n) is 4.18. The van der Waals surface area contributed by atoms with E-state index in [0.717, 1.165) is 16.8 Å². The first-order chi connectivity index (χ1) is 6.31. The molecule has 0 saturated heterocycles. The van der Waals surface area contributed by atoms with Gasteiger partial charge in [-0.05, 0) is 19.1 Å². The maximum atomic E-state index is 5.53. The van der Waals surface area contributed by atoms with Crippen molar-refractivity contribution in [2.45, 2.75) is 6.92 Å². The lowest BCUT2D eigenvalue weighted by molar-refractivity contribution is 0.344. The van der Waals surface area contributed by atoms with Crippen LogP contribution in [0.2, 0.25) is 0 Å². The maximum absolute atomic E-state index is 5.53. The zero-order valence-corrected chi connectivity index (χ0v) is 7.37. The van der Waals surface area contributed by atoms with Gasteiger partial charge in [0.2, 0.25) is 0 Å². The first-order valence-corrected chi connectivity index (χ1v) is 4.18. The van der Waals surface area contributed by atoms with Crippen LogP contribution in [-0.2, 0) is 0 Å². The molecule has 2 aromatic rings. The van der Waals surface area contributed by atoms with E-state index in [2.05, 4.69) is 9.97 Å².